The number of unbranched alkanes of at least 4 members (excludes halogenated alkanes) is 2. The quantitative estimate of drug-likeness (QED) is 0.345. The third-order valence-electron chi connectivity index (χ3n) is 2.44. The Labute approximate surface area is 131 Å². The standard InChI is InChI=1S/C13H29O2PS3/c1-6-8-10-15-16(14,17)19(11-9-7-2)12-18-13(3,4)5/h6-12H2,1-5H3/p+1. The molecule has 0 aromatic rings. The number of hydrogen-bond acceptors (Lipinski definition) is 3. The predicted octanol–water partition coefficient (Wildman–Crippen LogP) is 4.93. The van der Waals surface area contributed by atoms with Crippen molar-refractivity contribution in [2.45, 2.75) is 65.0 Å². The molecule has 6 heteroatoms. The fourth-order valence-corrected chi connectivity index (χ4v) is 11.0. The van der Waals surface area contributed by atoms with Gasteiger partial charge in [-0.05, 0) is 12.8 Å². The van der Waals surface area contributed by atoms with Crippen LogP contribution in [0.1, 0.15) is 60.3 Å². The van der Waals surface area contributed by atoms with Gasteiger partial charge in [0, 0.05) is 16.6 Å². The minimum Gasteiger partial charge on any atom is -0.307 e. The number of rotatable bonds is 10. The van der Waals surface area contributed by atoms with Gasteiger partial charge in [-0.3, -0.25) is 4.52 Å². The fraction of sp³-hybridized carbons (Fsp3) is 1.00. The number of hydrogen-bond donors (Lipinski definition) is 1. The van der Waals surface area contributed by atoms with Gasteiger partial charge in [0.1, 0.15) is 5.75 Å². The summed E-state index contributed by atoms with van der Waals surface area (Å²) in [5, 5.41) is 0.934. The van der Waals surface area contributed by atoms with Crippen molar-refractivity contribution < 1.29 is 9.42 Å². The zero-order valence-corrected chi connectivity index (χ0v) is 16.3. The van der Waals surface area contributed by atoms with Crippen molar-refractivity contribution in [3.63, 3.8) is 0 Å². The van der Waals surface area contributed by atoms with Crippen LogP contribution >= 0.6 is 17.5 Å². The summed E-state index contributed by atoms with van der Waals surface area (Å²) in [5.74, 6) is 1.01. The van der Waals surface area contributed by atoms with Gasteiger partial charge >= 0.3 is 5.69 Å². The molecular formula is C13H30O2PS3+. The Bertz CT molecular complexity index is 280. The van der Waals surface area contributed by atoms with E-state index >= 15 is 0 Å². The normalized spacial score (nSPS) is 17.2. The van der Waals surface area contributed by atoms with Crippen LogP contribution in [0.25, 0.3) is 0 Å². The van der Waals surface area contributed by atoms with Crippen LogP contribution in [0.4, 0.5) is 0 Å². The maximum atomic E-state index is 10.5. The maximum Gasteiger partial charge on any atom is 0.397 e. The van der Waals surface area contributed by atoms with Gasteiger partial charge in [-0.1, -0.05) is 47.5 Å². The Balaban J connectivity index is 4.48. The highest BCUT2D eigenvalue weighted by molar-refractivity contribution is 8.66. The van der Waals surface area contributed by atoms with Crippen molar-refractivity contribution in [1.29, 1.82) is 0 Å². The first-order chi connectivity index (χ1) is 8.73. The van der Waals surface area contributed by atoms with Crippen LogP contribution in [-0.4, -0.2) is 27.1 Å². The first-order valence-corrected chi connectivity index (χ1v) is 12.8. The molecule has 0 aliphatic rings. The molecule has 1 N–H and O–H groups in total. The molecule has 0 aliphatic heterocycles. The Morgan fingerprint density at radius 3 is 2.26 bits per heavy atom. The third-order valence-corrected chi connectivity index (χ3v) is 12.8. The molecule has 19 heavy (non-hydrogen) atoms. The smallest absolute Gasteiger partial charge is 0.307 e. The van der Waals surface area contributed by atoms with E-state index in [4.69, 9.17) is 16.3 Å². The Morgan fingerprint density at radius 1 is 1.21 bits per heavy atom. The van der Waals surface area contributed by atoms with Crippen molar-refractivity contribution in [3.8, 4) is 0 Å². The molecule has 0 saturated heterocycles. The second-order valence-electron chi connectivity index (χ2n) is 5.55. The lowest BCUT2D eigenvalue weighted by molar-refractivity contribution is 0.312. The summed E-state index contributed by atoms with van der Waals surface area (Å²) >= 11 is 7.31. The van der Waals surface area contributed by atoms with Crippen molar-refractivity contribution in [2.24, 2.45) is 0 Å². The molecule has 0 radical (unpaired) electrons. The molecule has 2 atom stereocenters. The highest BCUT2D eigenvalue weighted by atomic mass is 32.9. The maximum absolute atomic E-state index is 10.5. The summed E-state index contributed by atoms with van der Waals surface area (Å²) < 4.78 is 5.89. The average Bonchev–Trinajstić information content (AvgIpc) is 2.27. The molecule has 0 saturated carbocycles. The minimum atomic E-state index is -2.61. The van der Waals surface area contributed by atoms with Crippen LogP contribution in [0, 0.1) is 0 Å². The molecule has 0 amide bonds. The van der Waals surface area contributed by atoms with E-state index in [1.165, 1.54) is 0 Å². The van der Waals surface area contributed by atoms with Gasteiger partial charge in [-0.25, -0.2) is 0 Å². The van der Waals surface area contributed by atoms with E-state index in [9.17, 15) is 4.89 Å². The summed E-state index contributed by atoms with van der Waals surface area (Å²) in [5.41, 5.74) is -2.61. The van der Waals surface area contributed by atoms with Crippen LogP contribution < -0.4 is 0 Å². The predicted molar refractivity (Wildman–Crippen MR) is 96.7 cm³/mol. The molecular weight excluding hydrogens is 315 g/mol. The van der Waals surface area contributed by atoms with E-state index in [1.807, 2.05) is 11.8 Å². The van der Waals surface area contributed by atoms with Crippen LogP contribution in [0.15, 0.2) is 0 Å². The average molecular weight is 346 g/mol. The van der Waals surface area contributed by atoms with Crippen molar-refractivity contribution in [3.05, 3.63) is 0 Å². The molecule has 2 nitrogen and oxygen atoms in total. The van der Waals surface area contributed by atoms with E-state index in [0.29, 0.717) is 6.61 Å². The minimum absolute atomic E-state index is 0.162. The van der Waals surface area contributed by atoms with Gasteiger partial charge in [0.15, 0.2) is 5.08 Å². The van der Waals surface area contributed by atoms with Gasteiger partial charge in [0.2, 0.25) is 0 Å². The van der Waals surface area contributed by atoms with Gasteiger partial charge < -0.3 is 4.89 Å². The lowest BCUT2D eigenvalue weighted by Gasteiger charge is -2.21. The third kappa shape index (κ3) is 10.6. The zero-order chi connectivity index (χ0) is 14.9. The van der Waals surface area contributed by atoms with E-state index < -0.39 is 5.69 Å². The van der Waals surface area contributed by atoms with Gasteiger partial charge in [-0.2, -0.15) is 0 Å². The van der Waals surface area contributed by atoms with E-state index in [1.54, 1.807) is 0 Å². The summed E-state index contributed by atoms with van der Waals surface area (Å²) in [6.45, 7) is 11.5. The fourth-order valence-electron chi connectivity index (χ4n) is 1.20. The molecule has 116 valence electrons. The largest absolute Gasteiger partial charge is 0.397 e. The molecule has 0 aliphatic carbocycles. The SMILES string of the molecule is CCCCOP(O)(=S)[S+](CCCC)CSC(C)(C)C. The van der Waals surface area contributed by atoms with Crippen LogP contribution in [-0.2, 0) is 26.8 Å². The lowest BCUT2D eigenvalue weighted by Crippen LogP contribution is -2.17. The Kier molecular flexibility index (Phi) is 10.7. The summed E-state index contributed by atoms with van der Waals surface area (Å²) in [4.78, 5) is 10.5. The molecule has 0 aromatic heterocycles. The van der Waals surface area contributed by atoms with Gasteiger partial charge in [0.05, 0.1) is 17.1 Å². The topological polar surface area (TPSA) is 29.5 Å². The number of thioether (sulfide) groups is 1. The second-order valence-corrected chi connectivity index (χ2v) is 15.7. The summed E-state index contributed by atoms with van der Waals surface area (Å²) in [7, 11) is -0.162. The van der Waals surface area contributed by atoms with E-state index in [0.717, 1.165) is 36.5 Å². The zero-order valence-electron chi connectivity index (χ0n) is 13.0. The second kappa shape index (κ2) is 10.1. The van der Waals surface area contributed by atoms with Crippen molar-refractivity contribution >= 4 is 39.8 Å². The highest BCUT2D eigenvalue weighted by Gasteiger charge is 2.38. The first-order valence-electron chi connectivity index (χ1n) is 7.02. The monoisotopic (exact) mass is 345 g/mol. The van der Waals surface area contributed by atoms with Gasteiger partial charge in [0.25, 0.3) is 0 Å². The molecule has 0 bridgehead atoms. The van der Waals surface area contributed by atoms with Crippen molar-refractivity contribution in [2.75, 3.05) is 17.4 Å². The van der Waals surface area contributed by atoms with E-state index in [2.05, 4.69) is 34.6 Å². The molecule has 0 aromatic carbocycles. The lowest BCUT2D eigenvalue weighted by atomic mass is 10.3. The van der Waals surface area contributed by atoms with Crippen molar-refractivity contribution in [1.82, 2.24) is 0 Å². The van der Waals surface area contributed by atoms with Crippen LogP contribution in [0.5, 0.6) is 0 Å². The first kappa shape index (κ1) is 20.3. The molecule has 0 fully saturated rings. The molecule has 0 spiro atoms. The van der Waals surface area contributed by atoms with Crippen LogP contribution in [0.2, 0.25) is 0 Å². The molecule has 0 heterocycles. The highest BCUT2D eigenvalue weighted by Crippen LogP contribution is 2.53. The van der Waals surface area contributed by atoms with E-state index in [-0.39, 0.29) is 15.3 Å². The van der Waals surface area contributed by atoms with Gasteiger partial charge in [-0.15, -0.1) is 11.8 Å². The van der Waals surface area contributed by atoms with Crippen LogP contribution in [0.3, 0.4) is 0 Å². The molecule has 2 unspecified atom stereocenters. The Morgan fingerprint density at radius 2 is 1.79 bits per heavy atom. The summed E-state index contributed by atoms with van der Waals surface area (Å²) in [6, 6.07) is 0. The summed E-state index contributed by atoms with van der Waals surface area (Å²) in [6.07, 6.45) is 4.34. The Hall–Kier alpha value is 1.27. The molecule has 0 rings (SSSR count).